The molecule has 6 heteroatoms. The molecule has 1 rings (SSSR count). The third-order valence-corrected chi connectivity index (χ3v) is 10.6. The zero-order valence-corrected chi connectivity index (χ0v) is 15.2. The third-order valence-electron chi connectivity index (χ3n) is 4.09. The molecule has 0 atom stereocenters. The molecular formula is C15H23ClFN3Si. The van der Waals surface area contributed by atoms with E-state index in [9.17, 15) is 4.39 Å². The molecule has 21 heavy (non-hydrogen) atoms. The van der Waals surface area contributed by atoms with Gasteiger partial charge < -0.3 is 5.73 Å². The van der Waals surface area contributed by atoms with E-state index in [-0.39, 0.29) is 16.8 Å². The Bertz CT molecular complexity index is 554. The van der Waals surface area contributed by atoms with E-state index < -0.39 is 13.9 Å². The van der Waals surface area contributed by atoms with Gasteiger partial charge in [0.1, 0.15) is 8.07 Å². The maximum atomic E-state index is 14.0. The average molecular weight is 328 g/mol. The number of hydrogen-bond acceptors (Lipinski definition) is 3. The molecule has 1 heterocycles. The molecule has 0 aromatic carbocycles. The van der Waals surface area contributed by atoms with E-state index >= 15 is 0 Å². The van der Waals surface area contributed by atoms with Gasteiger partial charge in [0.15, 0.2) is 16.7 Å². The van der Waals surface area contributed by atoms with Crippen molar-refractivity contribution in [2.24, 2.45) is 0 Å². The van der Waals surface area contributed by atoms with Gasteiger partial charge in [-0.25, -0.2) is 9.37 Å². The molecule has 0 saturated carbocycles. The van der Waals surface area contributed by atoms with Gasteiger partial charge in [-0.15, -0.1) is 5.54 Å². The van der Waals surface area contributed by atoms with Crippen LogP contribution < -0.4 is 5.73 Å². The van der Waals surface area contributed by atoms with Gasteiger partial charge >= 0.3 is 0 Å². The molecule has 3 nitrogen and oxygen atoms in total. The molecule has 0 spiro atoms. The predicted molar refractivity (Wildman–Crippen MR) is 89.3 cm³/mol. The van der Waals surface area contributed by atoms with E-state index in [0.29, 0.717) is 16.6 Å². The zero-order valence-electron chi connectivity index (χ0n) is 13.5. The Hall–Kier alpha value is -1.12. The van der Waals surface area contributed by atoms with Gasteiger partial charge in [0.25, 0.3) is 0 Å². The van der Waals surface area contributed by atoms with Crippen LogP contribution in [0.25, 0.3) is 0 Å². The number of hydrogen-bond donors (Lipinski definition) is 1. The lowest BCUT2D eigenvalue weighted by Crippen LogP contribution is -2.43. The molecule has 116 valence electrons. The summed E-state index contributed by atoms with van der Waals surface area (Å²) in [6.07, 6.45) is 0. The van der Waals surface area contributed by atoms with Gasteiger partial charge in [0.05, 0.1) is 0 Å². The van der Waals surface area contributed by atoms with E-state index in [0.717, 1.165) is 0 Å². The molecule has 1 aromatic rings. The molecule has 2 N–H and O–H groups in total. The summed E-state index contributed by atoms with van der Waals surface area (Å²) in [5.41, 5.74) is 10.3. The molecule has 0 unspecified atom stereocenters. The first-order chi connectivity index (χ1) is 9.62. The third kappa shape index (κ3) is 3.56. The minimum Gasteiger partial charge on any atom is -0.368 e. The summed E-state index contributed by atoms with van der Waals surface area (Å²) >= 11 is 5.69. The number of nitrogen functional groups attached to an aromatic ring is 1. The lowest BCUT2D eigenvalue weighted by atomic mass is 10.4. The van der Waals surface area contributed by atoms with Crippen LogP contribution in [0.4, 0.5) is 10.3 Å². The smallest absolute Gasteiger partial charge is 0.222 e. The first-order valence-electron chi connectivity index (χ1n) is 7.14. The van der Waals surface area contributed by atoms with Gasteiger partial charge in [-0.3, -0.25) is 0 Å². The maximum Gasteiger partial charge on any atom is 0.222 e. The Labute approximate surface area is 132 Å². The van der Waals surface area contributed by atoms with Crippen molar-refractivity contribution in [1.29, 1.82) is 0 Å². The fraction of sp³-hybridized carbons (Fsp3) is 0.600. The second-order valence-corrected chi connectivity index (χ2v) is 12.1. The second-order valence-electron chi connectivity index (χ2n) is 6.18. The van der Waals surface area contributed by atoms with Crippen LogP contribution in [0.5, 0.6) is 0 Å². The summed E-state index contributed by atoms with van der Waals surface area (Å²) in [5, 5.41) is -0.280. The van der Waals surface area contributed by atoms with Crippen molar-refractivity contribution in [2.75, 3.05) is 5.73 Å². The van der Waals surface area contributed by atoms with Crippen molar-refractivity contribution in [2.45, 2.75) is 58.2 Å². The minimum atomic E-state index is -1.94. The monoisotopic (exact) mass is 327 g/mol. The first kappa shape index (κ1) is 17.9. The first-order valence-corrected chi connectivity index (χ1v) is 9.75. The van der Waals surface area contributed by atoms with Crippen molar-refractivity contribution in [3.8, 4) is 11.5 Å². The van der Waals surface area contributed by atoms with Crippen LogP contribution >= 0.6 is 11.6 Å². The van der Waals surface area contributed by atoms with Crippen molar-refractivity contribution < 1.29 is 4.39 Å². The predicted octanol–water partition coefficient (Wildman–Crippen LogP) is 4.42. The minimum absolute atomic E-state index is 0.00803. The molecule has 0 aliphatic rings. The summed E-state index contributed by atoms with van der Waals surface area (Å²) in [5.74, 6) is 2.15. The van der Waals surface area contributed by atoms with Gasteiger partial charge in [-0.05, 0) is 16.6 Å². The van der Waals surface area contributed by atoms with E-state index in [2.05, 4.69) is 63.0 Å². The molecule has 0 aliphatic heterocycles. The van der Waals surface area contributed by atoms with Crippen molar-refractivity contribution in [3.05, 3.63) is 16.7 Å². The average Bonchev–Trinajstić information content (AvgIpc) is 2.34. The fourth-order valence-corrected chi connectivity index (χ4v) is 8.50. The molecule has 0 fully saturated rings. The zero-order chi connectivity index (χ0) is 16.4. The van der Waals surface area contributed by atoms with Crippen LogP contribution in [0.3, 0.4) is 0 Å². The number of halogens is 2. The highest BCUT2D eigenvalue weighted by molar-refractivity contribution is 6.90. The topological polar surface area (TPSA) is 51.8 Å². The van der Waals surface area contributed by atoms with E-state index in [1.807, 2.05) is 0 Å². The standard InChI is InChI=1S/C15H23ClFN3Si/c1-9(2)21(10(3)4,11(5)6)8-7-12-13(17)14(16)20-15(18)19-12/h9-11H,1-6H3,(H2,18,19,20). The number of nitrogens with two attached hydrogens (primary N) is 1. The largest absolute Gasteiger partial charge is 0.368 e. The summed E-state index contributed by atoms with van der Waals surface area (Å²) in [6.45, 7) is 13.2. The Balaban J connectivity index is 3.42. The quantitative estimate of drug-likeness (QED) is 0.508. The lowest BCUT2D eigenvalue weighted by Gasteiger charge is -2.38. The van der Waals surface area contributed by atoms with Crippen LogP contribution in [0, 0.1) is 17.3 Å². The molecule has 0 saturated heterocycles. The number of anilines is 1. The maximum absolute atomic E-state index is 14.0. The van der Waals surface area contributed by atoms with E-state index in [4.69, 9.17) is 17.3 Å². The highest BCUT2D eigenvalue weighted by Gasteiger charge is 2.41. The molecule has 0 bridgehead atoms. The Morgan fingerprint density at radius 3 is 1.95 bits per heavy atom. The van der Waals surface area contributed by atoms with Crippen LogP contribution in [0.15, 0.2) is 0 Å². The second kappa shape index (κ2) is 6.76. The number of rotatable bonds is 3. The van der Waals surface area contributed by atoms with Gasteiger partial charge in [0.2, 0.25) is 5.95 Å². The van der Waals surface area contributed by atoms with Gasteiger partial charge in [0, 0.05) is 0 Å². The summed E-state index contributed by atoms with van der Waals surface area (Å²) < 4.78 is 14.0. The van der Waals surface area contributed by atoms with E-state index in [1.54, 1.807) is 0 Å². The van der Waals surface area contributed by atoms with Crippen LogP contribution in [0.1, 0.15) is 47.2 Å². The van der Waals surface area contributed by atoms with Crippen molar-refractivity contribution in [3.63, 3.8) is 0 Å². The summed E-state index contributed by atoms with van der Waals surface area (Å²) in [4.78, 5) is 7.45. The molecule has 0 amide bonds. The van der Waals surface area contributed by atoms with E-state index in [1.165, 1.54) is 0 Å². The normalized spacial score (nSPS) is 12.0. The highest BCUT2D eigenvalue weighted by atomic mass is 35.5. The van der Waals surface area contributed by atoms with Crippen LogP contribution in [-0.2, 0) is 0 Å². The van der Waals surface area contributed by atoms with Crippen LogP contribution in [0.2, 0.25) is 21.8 Å². The summed E-state index contributed by atoms with van der Waals surface area (Å²) in [7, 11) is -1.94. The SMILES string of the molecule is CC(C)[Si](C#Cc1nc(N)nc(Cl)c1F)(C(C)C)C(C)C. The Morgan fingerprint density at radius 1 is 1.05 bits per heavy atom. The van der Waals surface area contributed by atoms with Gasteiger partial charge in [-0.1, -0.05) is 59.1 Å². The molecular weight excluding hydrogens is 305 g/mol. The number of nitrogens with zero attached hydrogens (tertiary/aromatic N) is 2. The van der Waals surface area contributed by atoms with Gasteiger partial charge in [-0.2, -0.15) is 4.98 Å². The lowest BCUT2D eigenvalue weighted by molar-refractivity contribution is 0.610. The molecule has 0 radical (unpaired) electrons. The van der Waals surface area contributed by atoms with Crippen molar-refractivity contribution >= 4 is 25.6 Å². The Kier molecular flexibility index (Phi) is 5.77. The highest BCUT2D eigenvalue weighted by Crippen LogP contribution is 2.40. The fourth-order valence-electron chi connectivity index (χ4n) is 3.12. The van der Waals surface area contributed by atoms with Crippen LogP contribution in [-0.4, -0.2) is 18.0 Å². The summed E-state index contributed by atoms with van der Waals surface area (Å²) in [6, 6.07) is 0. The molecule has 0 aliphatic carbocycles. The molecule has 1 aromatic heterocycles. The van der Waals surface area contributed by atoms with Crippen molar-refractivity contribution in [1.82, 2.24) is 9.97 Å². The number of aromatic nitrogens is 2. The Morgan fingerprint density at radius 2 is 1.52 bits per heavy atom.